The third kappa shape index (κ3) is 1.19. The lowest BCUT2D eigenvalue weighted by Gasteiger charge is -1.94. The molecule has 1 heterocycles. The van der Waals surface area contributed by atoms with Crippen LogP contribution in [-0.2, 0) is 4.74 Å². The van der Waals surface area contributed by atoms with Crippen LogP contribution in [0.5, 0.6) is 0 Å². The number of rotatable bonds is 1. The predicted octanol–water partition coefficient (Wildman–Crippen LogP) is 1.64. The molecule has 0 bridgehead atoms. The lowest BCUT2D eigenvalue weighted by atomic mass is 10.3. The van der Waals surface area contributed by atoms with Crippen molar-refractivity contribution < 1.29 is 9.53 Å². The van der Waals surface area contributed by atoms with Crippen LogP contribution in [0.2, 0.25) is 0 Å². The van der Waals surface area contributed by atoms with E-state index in [1.54, 1.807) is 5.38 Å². The van der Waals surface area contributed by atoms with Crippen molar-refractivity contribution in [3.8, 4) is 0 Å². The molecule has 3 heteroatoms. The predicted molar refractivity (Wildman–Crippen MR) is 39.2 cm³/mol. The average Bonchev–Trinajstić information content (AvgIpc) is 2.34. The summed E-state index contributed by atoms with van der Waals surface area (Å²) in [4.78, 5) is 11.8. The molecule has 0 amide bonds. The summed E-state index contributed by atoms with van der Waals surface area (Å²) in [5, 5.41) is 1.75. The molecule has 1 radical (unpaired) electrons. The van der Waals surface area contributed by atoms with Crippen molar-refractivity contribution in [2.24, 2.45) is 0 Å². The van der Waals surface area contributed by atoms with Gasteiger partial charge >= 0.3 is 5.97 Å². The summed E-state index contributed by atoms with van der Waals surface area (Å²) in [5.74, 6) is -0.307. The molecule has 2 nitrogen and oxygen atoms in total. The molecule has 0 fully saturated rings. The fourth-order valence-electron chi connectivity index (χ4n) is 0.642. The maximum Gasteiger partial charge on any atom is 0.339 e. The molecule has 0 aliphatic carbocycles. The van der Waals surface area contributed by atoms with Gasteiger partial charge in [-0.3, -0.25) is 0 Å². The second-order valence-electron chi connectivity index (χ2n) is 1.80. The molecule has 0 N–H and O–H groups in total. The Morgan fingerprint density at radius 2 is 2.50 bits per heavy atom. The van der Waals surface area contributed by atoms with Crippen molar-refractivity contribution in [1.82, 2.24) is 0 Å². The second kappa shape index (κ2) is 2.84. The number of ether oxygens (including phenoxy) is 1. The summed E-state index contributed by atoms with van der Waals surface area (Å²) in [6.45, 7) is 1.87. The van der Waals surface area contributed by atoms with E-state index in [1.807, 2.05) is 6.92 Å². The number of carbonyl (C=O) groups is 1. The minimum atomic E-state index is -0.307. The van der Waals surface area contributed by atoms with E-state index in [1.165, 1.54) is 18.4 Å². The normalized spacial score (nSPS) is 9.40. The highest BCUT2D eigenvalue weighted by molar-refractivity contribution is 7.10. The molecule has 0 saturated carbocycles. The van der Waals surface area contributed by atoms with Gasteiger partial charge in [0.2, 0.25) is 0 Å². The van der Waals surface area contributed by atoms with Crippen LogP contribution in [0.3, 0.4) is 0 Å². The molecule has 1 aromatic heterocycles. The molecule has 1 aromatic rings. The SMILES string of the molecule is COC(=O)c1[c]csc1C. The number of esters is 1. The molecule has 53 valence electrons. The minimum Gasteiger partial charge on any atom is -0.465 e. The summed E-state index contributed by atoms with van der Waals surface area (Å²) in [6.07, 6.45) is 0. The fraction of sp³-hybridized carbons (Fsp3) is 0.286. The Morgan fingerprint density at radius 1 is 1.80 bits per heavy atom. The van der Waals surface area contributed by atoms with Crippen LogP contribution in [0.15, 0.2) is 5.38 Å². The Morgan fingerprint density at radius 3 is 2.90 bits per heavy atom. The lowest BCUT2D eigenvalue weighted by molar-refractivity contribution is 0.0600. The van der Waals surface area contributed by atoms with Gasteiger partial charge in [0, 0.05) is 10.9 Å². The van der Waals surface area contributed by atoms with Crippen LogP contribution in [-0.4, -0.2) is 13.1 Å². The maximum absolute atomic E-state index is 10.8. The minimum absolute atomic E-state index is 0.307. The zero-order chi connectivity index (χ0) is 7.56. The lowest BCUT2D eigenvalue weighted by Crippen LogP contribution is -2.00. The summed E-state index contributed by atoms with van der Waals surface area (Å²) in [7, 11) is 1.37. The van der Waals surface area contributed by atoms with Crippen LogP contribution >= 0.6 is 11.3 Å². The first-order valence-electron chi connectivity index (χ1n) is 2.79. The third-order valence-electron chi connectivity index (χ3n) is 1.18. The van der Waals surface area contributed by atoms with Crippen molar-refractivity contribution in [3.63, 3.8) is 0 Å². The number of thiophene rings is 1. The van der Waals surface area contributed by atoms with Gasteiger partial charge in [0.25, 0.3) is 0 Å². The van der Waals surface area contributed by atoms with Crippen LogP contribution in [0, 0.1) is 13.0 Å². The van der Waals surface area contributed by atoms with E-state index in [4.69, 9.17) is 0 Å². The first-order valence-corrected chi connectivity index (χ1v) is 3.67. The Hall–Kier alpha value is -0.830. The van der Waals surface area contributed by atoms with Gasteiger partial charge in [0.05, 0.1) is 12.7 Å². The molecular weight excluding hydrogens is 148 g/mol. The summed E-state index contributed by atoms with van der Waals surface area (Å²) >= 11 is 1.49. The van der Waals surface area contributed by atoms with Crippen molar-refractivity contribution in [1.29, 1.82) is 0 Å². The Labute approximate surface area is 63.4 Å². The standard InChI is InChI=1S/C7H7O2S/c1-5-6(3-4-10-5)7(8)9-2/h4H,1-2H3. The largest absolute Gasteiger partial charge is 0.465 e. The summed E-state index contributed by atoms with van der Waals surface area (Å²) in [5.41, 5.74) is 0.549. The molecule has 0 saturated heterocycles. The highest BCUT2D eigenvalue weighted by Crippen LogP contribution is 2.14. The number of hydrogen-bond donors (Lipinski definition) is 0. The molecular formula is C7H7O2S. The van der Waals surface area contributed by atoms with E-state index in [9.17, 15) is 4.79 Å². The topological polar surface area (TPSA) is 26.3 Å². The van der Waals surface area contributed by atoms with Crippen molar-refractivity contribution in [3.05, 3.63) is 21.9 Å². The van der Waals surface area contributed by atoms with Gasteiger partial charge in [-0.05, 0) is 12.3 Å². The zero-order valence-corrected chi connectivity index (χ0v) is 6.62. The van der Waals surface area contributed by atoms with Gasteiger partial charge < -0.3 is 4.74 Å². The van der Waals surface area contributed by atoms with Crippen LogP contribution in [0.4, 0.5) is 0 Å². The number of carbonyl (C=O) groups excluding carboxylic acids is 1. The molecule has 0 atom stereocenters. The van der Waals surface area contributed by atoms with Gasteiger partial charge in [-0.1, -0.05) is 0 Å². The van der Waals surface area contributed by atoms with Crippen molar-refractivity contribution >= 4 is 17.3 Å². The van der Waals surface area contributed by atoms with Gasteiger partial charge in [-0.2, -0.15) is 0 Å². The van der Waals surface area contributed by atoms with Crippen LogP contribution in [0.25, 0.3) is 0 Å². The fourth-order valence-corrected chi connectivity index (χ4v) is 1.26. The number of methoxy groups -OCH3 is 1. The van der Waals surface area contributed by atoms with E-state index in [0.29, 0.717) is 5.56 Å². The highest BCUT2D eigenvalue weighted by Gasteiger charge is 2.08. The Balaban J connectivity index is 2.93. The molecule has 0 aliphatic rings. The Kier molecular flexibility index (Phi) is 2.06. The molecule has 10 heavy (non-hydrogen) atoms. The molecule has 0 aliphatic heterocycles. The second-order valence-corrected chi connectivity index (χ2v) is 2.89. The quantitative estimate of drug-likeness (QED) is 0.576. The molecule has 0 aromatic carbocycles. The highest BCUT2D eigenvalue weighted by atomic mass is 32.1. The van der Waals surface area contributed by atoms with E-state index in [0.717, 1.165) is 4.88 Å². The zero-order valence-electron chi connectivity index (χ0n) is 5.80. The van der Waals surface area contributed by atoms with Crippen molar-refractivity contribution in [2.45, 2.75) is 6.92 Å². The average molecular weight is 155 g/mol. The first-order chi connectivity index (χ1) is 4.75. The van der Waals surface area contributed by atoms with Gasteiger partial charge in [0.15, 0.2) is 0 Å². The maximum atomic E-state index is 10.8. The molecule has 0 spiro atoms. The van der Waals surface area contributed by atoms with E-state index in [-0.39, 0.29) is 5.97 Å². The van der Waals surface area contributed by atoms with E-state index >= 15 is 0 Å². The van der Waals surface area contributed by atoms with Gasteiger partial charge in [-0.25, -0.2) is 4.79 Å². The molecule has 0 unspecified atom stereocenters. The van der Waals surface area contributed by atoms with Gasteiger partial charge in [-0.15, -0.1) is 11.3 Å². The number of aryl methyl sites for hydroxylation is 1. The van der Waals surface area contributed by atoms with E-state index in [2.05, 4.69) is 10.8 Å². The third-order valence-corrected chi connectivity index (χ3v) is 1.97. The smallest absolute Gasteiger partial charge is 0.339 e. The summed E-state index contributed by atoms with van der Waals surface area (Å²) < 4.78 is 4.51. The van der Waals surface area contributed by atoms with Crippen LogP contribution in [0.1, 0.15) is 15.2 Å². The van der Waals surface area contributed by atoms with Crippen LogP contribution < -0.4 is 0 Å². The molecule has 1 rings (SSSR count). The van der Waals surface area contributed by atoms with E-state index < -0.39 is 0 Å². The first kappa shape index (κ1) is 7.28. The monoisotopic (exact) mass is 155 g/mol. The number of hydrogen-bond acceptors (Lipinski definition) is 3. The van der Waals surface area contributed by atoms with Gasteiger partial charge in [0.1, 0.15) is 0 Å². The summed E-state index contributed by atoms with van der Waals surface area (Å²) in [6, 6.07) is 2.80. The Bertz CT molecular complexity index is 240. The van der Waals surface area contributed by atoms with Crippen molar-refractivity contribution in [2.75, 3.05) is 7.11 Å².